The predicted molar refractivity (Wildman–Crippen MR) is 58.1 cm³/mol. The van der Waals surface area contributed by atoms with Crippen LogP contribution >= 0.6 is 23.2 Å². The summed E-state index contributed by atoms with van der Waals surface area (Å²) in [5, 5.41) is 0. The van der Waals surface area contributed by atoms with E-state index in [0.717, 1.165) is 5.56 Å². The van der Waals surface area contributed by atoms with E-state index in [1.807, 2.05) is 31.2 Å². The van der Waals surface area contributed by atoms with Gasteiger partial charge >= 0.3 is 0 Å². The van der Waals surface area contributed by atoms with Crippen molar-refractivity contribution in [1.82, 2.24) is 0 Å². The van der Waals surface area contributed by atoms with Gasteiger partial charge in [0.15, 0.2) is 5.78 Å². The van der Waals surface area contributed by atoms with Gasteiger partial charge in [-0.05, 0) is 13.3 Å². The fraction of sp³-hybridized carbons (Fsp3) is 0.364. The van der Waals surface area contributed by atoms with Crippen molar-refractivity contribution in [1.29, 1.82) is 0 Å². The second-order valence-electron chi connectivity index (χ2n) is 3.75. The van der Waals surface area contributed by atoms with E-state index in [0.29, 0.717) is 12.0 Å². The topological polar surface area (TPSA) is 17.1 Å². The number of Topliss-reactive ketones (excluding diaryl/α,β-unsaturated/α-hetero) is 1. The van der Waals surface area contributed by atoms with E-state index in [1.165, 1.54) is 0 Å². The summed E-state index contributed by atoms with van der Waals surface area (Å²) in [6.07, 6.45) is 0.572. The SMILES string of the molecule is Cc1ccc(C(=O)C2CC2(Cl)Cl)cc1. The maximum absolute atomic E-state index is 11.8. The quantitative estimate of drug-likeness (QED) is 0.561. The Bertz CT molecular complexity index is 367. The van der Waals surface area contributed by atoms with Crippen molar-refractivity contribution in [3.05, 3.63) is 35.4 Å². The first-order chi connectivity index (χ1) is 6.50. The maximum atomic E-state index is 11.8. The van der Waals surface area contributed by atoms with Crippen LogP contribution < -0.4 is 0 Å². The van der Waals surface area contributed by atoms with Crippen molar-refractivity contribution in [2.24, 2.45) is 5.92 Å². The molecule has 1 atom stereocenters. The number of benzene rings is 1. The van der Waals surface area contributed by atoms with Gasteiger partial charge in [0.2, 0.25) is 0 Å². The summed E-state index contributed by atoms with van der Waals surface area (Å²) in [6, 6.07) is 7.47. The van der Waals surface area contributed by atoms with Crippen molar-refractivity contribution >= 4 is 29.0 Å². The number of carbonyl (C=O) groups is 1. The summed E-state index contributed by atoms with van der Waals surface area (Å²) in [4.78, 5) is 11.8. The van der Waals surface area contributed by atoms with Crippen molar-refractivity contribution in [3.63, 3.8) is 0 Å². The lowest BCUT2D eigenvalue weighted by Crippen LogP contribution is -2.06. The van der Waals surface area contributed by atoms with Crippen LogP contribution in [0.5, 0.6) is 0 Å². The van der Waals surface area contributed by atoms with Crippen LogP contribution in [0.15, 0.2) is 24.3 Å². The van der Waals surface area contributed by atoms with E-state index in [2.05, 4.69) is 0 Å². The molecule has 1 unspecified atom stereocenters. The number of aryl methyl sites for hydroxylation is 1. The minimum absolute atomic E-state index is 0.0509. The molecule has 0 aromatic heterocycles. The van der Waals surface area contributed by atoms with Gasteiger partial charge in [0.05, 0.1) is 5.92 Å². The molecule has 0 heterocycles. The Hall–Kier alpha value is -0.530. The highest BCUT2D eigenvalue weighted by atomic mass is 35.5. The van der Waals surface area contributed by atoms with Crippen LogP contribution in [0.3, 0.4) is 0 Å². The molecule has 1 aromatic rings. The van der Waals surface area contributed by atoms with Crippen molar-refractivity contribution in [2.45, 2.75) is 17.7 Å². The summed E-state index contributed by atoms with van der Waals surface area (Å²) in [5.41, 5.74) is 1.84. The normalized spacial score (nSPS) is 23.2. The van der Waals surface area contributed by atoms with Crippen molar-refractivity contribution < 1.29 is 4.79 Å². The molecule has 0 N–H and O–H groups in total. The highest BCUT2D eigenvalue weighted by Gasteiger charge is 2.56. The third-order valence-electron chi connectivity index (χ3n) is 2.48. The molecular formula is C11H10Cl2O. The highest BCUT2D eigenvalue weighted by Crippen LogP contribution is 2.54. The number of rotatable bonds is 2. The van der Waals surface area contributed by atoms with Gasteiger partial charge in [0.1, 0.15) is 4.33 Å². The molecule has 0 spiro atoms. The van der Waals surface area contributed by atoms with Crippen LogP contribution in [0.2, 0.25) is 0 Å². The zero-order valence-corrected chi connectivity index (χ0v) is 9.27. The van der Waals surface area contributed by atoms with Crippen molar-refractivity contribution in [2.75, 3.05) is 0 Å². The smallest absolute Gasteiger partial charge is 0.169 e. The minimum Gasteiger partial charge on any atom is -0.294 e. The summed E-state index contributed by atoms with van der Waals surface area (Å²) in [7, 11) is 0. The minimum atomic E-state index is -0.817. The number of alkyl halides is 2. The molecule has 1 saturated carbocycles. The second-order valence-corrected chi connectivity index (χ2v) is 5.29. The number of carbonyl (C=O) groups excluding carboxylic acids is 1. The first-order valence-electron chi connectivity index (χ1n) is 4.49. The number of halogens is 2. The Balaban J connectivity index is 2.17. The zero-order valence-electron chi connectivity index (χ0n) is 7.76. The number of ketones is 1. The lowest BCUT2D eigenvalue weighted by molar-refractivity contribution is 0.0967. The highest BCUT2D eigenvalue weighted by molar-refractivity contribution is 6.52. The van der Waals surface area contributed by atoms with Gasteiger partial charge in [0.25, 0.3) is 0 Å². The van der Waals surface area contributed by atoms with Crippen LogP contribution in [-0.4, -0.2) is 10.1 Å². The zero-order chi connectivity index (χ0) is 10.3. The molecule has 0 bridgehead atoms. The fourth-order valence-electron chi connectivity index (χ4n) is 1.42. The Kier molecular flexibility index (Phi) is 2.32. The van der Waals surface area contributed by atoms with Gasteiger partial charge in [-0.2, -0.15) is 0 Å². The summed E-state index contributed by atoms with van der Waals surface area (Å²) < 4.78 is -0.817. The summed E-state index contributed by atoms with van der Waals surface area (Å²) in [6.45, 7) is 1.98. The Morgan fingerprint density at radius 3 is 2.29 bits per heavy atom. The van der Waals surface area contributed by atoms with E-state index in [1.54, 1.807) is 0 Å². The van der Waals surface area contributed by atoms with E-state index in [-0.39, 0.29) is 11.7 Å². The van der Waals surface area contributed by atoms with Crippen LogP contribution in [-0.2, 0) is 0 Å². The molecule has 1 nitrogen and oxygen atoms in total. The van der Waals surface area contributed by atoms with E-state index in [4.69, 9.17) is 23.2 Å². The average molecular weight is 229 g/mol. The Labute approximate surface area is 93.0 Å². The van der Waals surface area contributed by atoms with Gasteiger partial charge in [-0.3, -0.25) is 4.79 Å². The van der Waals surface area contributed by atoms with E-state index >= 15 is 0 Å². The van der Waals surface area contributed by atoms with Gasteiger partial charge in [-0.15, -0.1) is 23.2 Å². The molecule has 3 heteroatoms. The molecule has 0 amide bonds. The van der Waals surface area contributed by atoms with Crippen LogP contribution in [0.1, 0.15) is 22.3 Å². The molecule has 1 aromatic carbocycles. The molecule has 1 aliphatic rings. The molecule has 1 fully saturated rings. The second kappa shape index (κ2) is 3.25. The third-order valence-corrected chi connectivity index (χ3v) is 3.31. The maximum Gasteiger partial charge on any atom is 0.169 e. The van der Waals surface area contributed by atoms with Crippen LogP contribution in [0.4, 0.5) is 0 Å². The van der Waals surface area contributed by atoms with E-state index < -0.39 is 4.33 Å². The van der Waals surface area contributed by atoms with Gasteiger partial charge in [0, 0.05) is 5.56 Å². The van der Waals surface area contributed by atoms with Crippen LogP contribution in [0.25, 0.3) is 0 Å². The standard InChI is InChI=1S/C11H10Cl2O/c1-7-2-4-8(5-3-7)10(14)9-6-11(9,12)13/h2-5,9H,6H2,1H3. The molecule has 0 aliphatic heterocycles. The Morgan fingerprint density at radius 2 is 1.86 bits per heavy atom. The molecule has 2 rings (SSSR count). The third kappa shape index (κ3) is 1.79. The largest absolute Gasteiger partial charge is 0.294 e. The van der Waals surface area contributed by atoms with Crippen LogP contribution in [0, 0.1) is 12.8 Å². The van der Waals surface area contributed by atoms with E-state index in [9.17, 15) is 4.79 Å². The molecule has 0 radical (unpaired) electrons. The average Bonchev–Trinajstić information content (AvgIpc) is 2.75. The lowest BCUT2D eigenvalue weighted by atomic mass is 10.1. The molecule has 14 heavy (non-hydrogen) atoms. The molecule has 1 aliphatic carbocycles. The summed E-state index contributed by atoms with van der Waals surface area (Å²) in [5.74, 6) is -0.163. The Morgan fingerprint density at radius 1 is 1.36 bits per heavy atom. The molecule has 0 saturated heterocycles. The van der Waals surface area contributed by atoms with Gasteiger partial charge in [-0.25, -0.2) is 0 Å². The van der Waals surface area contributed by atoms with Gasteiger partial charge in [-0.1, -0.05) is 29.8 Å². The predicted octanol–water partition coefficient (Wildman–Crippen LogP) is 3.37. The first kappa shape index (κ1) is 10.0. The lowest BCUT2D eigenvalue weighted by Gasteiger charge is -2.00. The number of hydrogen-bond donors (Lipinski definition) is 0. The van der Waals surface area contributed by atoms with Crippen molar-refractivity contribution in [3.8, 4) is 0 Å². The number of hydrogen-bond acceptors (Lipinski definition) is 1. The first-order valence-corrected chi connectivity index (χ1v) is 5.25. The molecular weight excluding hydrogens is 219 g/mol. The van der Waals surface area contributed by atoms with Gasteiger partial charge < -0.3 is 0 Å². The molecule has 74 valence electrons. The monoisotopic (exact) mass is 228 g/mol. The fourth-order valence-corrected chi connectivity index (χ4v) is 1.92. The summed E-state index contributed by atoms with van der Waals surface area (Å²) >= 11 is 11.7.